The number of aromatic nitrogens is 1. The molecule has 0 fully saturated rings. The average molecular weight is 233 g/mol. The molecular weight excluding hydrogens is 220 g/mol. The molecular formula is C9H13ClN2OS. The monoisotopic (exact) mass is 232 g/mol. The predicted molar refractivity (Wildman–Crippen MR) is 59.1 cm³/mol. The van der Waals surface area contributed by atoms with Gasteiger partial charge in [0, 0.05) is 6.54 Å². The summed E-state index contributed by atoms with van der Waals surface area (Å²) in [6, 6.07) is 0. The van der Waals surface area contributed by atoms with Crippen LogP contribution in [0.1, 0.15) is 28.7 Å². The van der Waals surface area contributed by atoms with Crippen LogP contribution in [0.3, 0.4) is 0 Å². The van der Waals surface area contributed by atoms with Crippen LogP contribution in [-0.4, -0.2) is 22.8 Å². The molecule has 1 N–H and O–H groups in total. The first-order valence-electron chi connectivity index (χ1n) is 4.47. The topological polar surface area (TPSA) is 42.0 Å². The molecule has 5 heteroatoms. The lowest BCUT2D eigenvalue weighted by Crippen LogP contribution is -2.29. The number of nitrogens with zero attached hydrogens (tertiary/aromatic N) is 1. The van der Waals surface area contributed by atoms with Gasteiger partial charge < -0.3 is 5.32 Å². The Hall–Kier alpha value is -0.610. The Morgan fingerprint density at radius 3 is 3.00 bits per heavy atom. The van der Waals surface area contributed by atoms with Crippen molar-refractivity contribution in [3.8, 4) is 0 Å². The van der Waals surface area contributed by atoms with Crippen molar-refractivity contribution in [1.82, 2.24) is 10.3 Å². The molecule has 0 aliphatic carbocycles. The summed E-state index contributed by atoms with van der Waals surface area (Å²) in [5.41, 5.74) is 2.44. The summed E-state index contributed by atoms with van der Waals surface area (Å²) >= 11 is 7.23. The van der Waals surface area contributed by atoms with Crippen LogP contribution in [0.2, 0.25) is 0 Å². The van der Waals surface area contributed by atoms with Crippen LogP contribution in [0.4, 0.5) is 0 Å². The molecule has 0 spiro atoms. The van der Waals surface area contributed by atoms with Gasteiger partial charge >= 0.3 is 0 Å². The molecule has 1 atom stereocenters. The maximum absolute atomic E-state index is 11.5. The minimum atomic E-state index is -0.0795. The molecule has 1 rings (SSSR count). The van der Waals surface area contributed by atoms with Gasteiger partial charge in [0.2, 0.25) is 0 Å². The quantitative estimate of drug-likeness (QED) is 0.809. The second-order valence-electron chi connectivity index (χ2n) is 2.98. The largest absolute Gasteiger partial charge is 0.350 e. The van der Waals surface area contributed by atoms with Crippen molar-refractivity contribution >= 4 is 28.8 Å². The summed E-state index contributed by atoms with van der Waals surface area (Å²) in [5.74, 6) is -0.0795. The van der Waals surface area contributed by atoms with Gasteiger partial charge in [0.1, 0.15) is 4.88 Å². The minimum absolute atomic E-state index is 0.00665. The number of nitrogens with one attached hydrogen (secondary N) is 1. The van der Waals surface area contributed by atoms with Gasteiger partial charge in [-0.3, -0.25) is 4.79 Å². The zero-order valence-electron chi connectivity index (χ0n) is 8.21. The van der Waals surface area contributed by atoms with Crippen LogP contribution in [0.25, 0.3) is 0 Å². The Morgan fingerprint density at radius 1 is 1.79 bits per heavy atom. The van der Waals surface area contributed by atoms with Crippen LogP contribution >= 0.6 is 22.9 Å². The molecule has 0 aliphatic rings. The van der Waals surface area contributed by atoms with Gasteiger partial charge in [-0.05, 0) is 13.3 Å². The fraction of sp³-hybridized carbons (Fsp3) is 0.556. The van der Waals surface area contributed by atoms with E-state index in [2.05, 4.69) is 10.3 Å². The fourth-order valence-electron chi connectivity index (χ4n) is 0.948. The summed E-state index contributed by atoms with van der Waals surface area (Å²) in [7, 11) is 0. The standard InChI is InChI=1S/C9H13ClN2OS/c1-3-7(10)4-11-9(13)8-6(2)12-5-14-8/h5,7H,3-4H2,1-2H3,(H,11,13). The number of rotatable bonds is 4. The lowest BCUT2D eigenvalue weighted by atomic mass is 10.3. The number of halogens is 1. The molecule has 0 bridgehead atoms. The third-order valence-electron chi connectivity index (χ3n) is 1.88. The Kier molecular flexibility index (Phi) is 4.35. The highest BCUT2D eigenvalue weighted by Crippen LogP contribution is 2.11. The third kappa shape index (κ3) is 2.96. The Labute approximate surface area is 92.5 Å². The average Bonchev–Trinajstić information content (AvgIpc) is 2.60. The van der Waals surface area contributed by atoms with Gasteiger partial charge in [-0.1, -0.05) is 6.92 Å². The smallest absolute Gasteiger partial charge is 0.263 e. The summed E-state index contributed by atoms with van der Waals surface area (Å²) in [6.45, 7) is 4.32. The summed E-state index contributed by atoms with van der Waals surface area (Å²) in [5, 5.41) is 2.78. The second kappa shape index (κ2) is 5.32. The van der Waals surface area contributed by atoms with E-state index in [4.69, 9.17) is 11.6 Å². The van der Waals surface area contributed by atoms with Gasteiger partial charge in [-0.25, -0.2) is 4.98 Å². The van der Waals surface area contributed by atoms with Crippen molar-refractivity contribution in [1.29, 1.82) is 0 Å². The van der Waals surface area contributed by atoms with Crippen LogP contribution in [0, 0.1) is 6.92 Å². The summed E-state index contributed by atoms with van der Waals surface area (Å²) in [4.78, 5) is 16.2. The summed E-state index contributed by atoms with van der Waals surface area (Å²) < 4.78 is 0. The SMILES string of the molecule is CCC(Cl)CNC(=O)c1scnc1C. The number of hydrogen-bond acceptors (Lipinski definition) is 3. The molecule has 0 aromatic carbocycles. The molecule has 3 nitrogen and oxygen atoms in total. The zero-order chi connectivity index (χ0) is 10.6. The van der Waals surface area contributed by atoms with E-state index in [0.29, 0.717) is 11.4 Å². The summed E-state index contributed by atoms with van der Waals surface area (Å²) in [6.07, 6.45) is 0.851. The molecule has 78 valence electrons. The van der Waals surface area contributed by atoms with E-state index >= 15 is 0 Å². The fourth-order valence-corrected chi connectivity index (χ4v) is 1.74. The van der Waals surface area contributed by atoms with E-state index in [1.807, 2.05) is 13.8 Å². The molecule has 0 aliphatic heterocycles. The number of carbonyl (C=O) groups excluding carboxylic acids is 1. The van der Waals surface area contributed by atoms with E-state index in [1.54, 1.807) is 5.51 Å². The first kappa shape index (κ1) is 11.5. The Balaban J connectivity index is 2.47. The van der Waals surface area contributed by atoms with Gasteiger partial charge in [-0.2, -0.15) is 0 Å². The van der Waals surface area contributed by atoms with E-state index in [9.17, 15) is 4.79 Å². The maximum Gasteiger partial charge on any atom is 0.263 e. The number of alkyl halides is 1. The Morgan fingerprint density at radius 2 is 2.50 bits per heavy atom. The second-order valence-corrected chi connectivity index (χ2v) is 4.45. The van der Waals surface area contributed by atoms with Crippen molar-refractivity contribution < 1.29 is 4.79 Å². The lowest BCUT2D eigenvalue weighted by Gasteiger charge is -2.07. The molecule has 14 heavy (non-hydrogen) atoms. The minimum Gasteiger partial charge on any atom is -0.350 e. The first-order chi connectivity index (χ1) is 6.65. The highest BCUT2D eigenvalue weighted by Gasteiger charge is 2.12. The molecule has 1 unspecified atom stereocenters. The number of amides is 1. The first-order valence-corrected chi connectivity index (χ1v) is 5.79. The van der Waals surface area contributed by atoms with Crippen molar-refractivity contribution in [3.63, 3.8) is 0 Å². The van der Waals surface area contributed by atoms with E-state index in [-0.39, 0.29) is 11.3 Å². The highest BCUT2D eigenvalue weighted by molar-refractivity contribution is 7.11. The third-order valence-corrected chi connectivity index (χ3v) is 3.27. The molecule has 1 aromatic heterocycles. The molecule has 1 amide bonds. The van der Waals surface area contributed by atoms with Crippen LogP contribution in [0.5, 0.6) is 0 Å². The maximum atomic E-state index is 11.5. The lowest BCUT2D eigenvalue weighted by molar-refractivity contribution is 0.0956. The van der Waals surface area contributed by atoms with Gasteiger partial charge in [0.15, 0.2) is 0 Å². The van der Waals surface area contributed by atoms with E-state index in [1.165, 1.54) is 11.3 Å². The normalized spacial score (nSPS) is 12.5. The van der Waals surface area contributed by atoms with E-state index in [0.717, 1.165) is 12.1 Å². The Bertz CT molecular complexity index is 314. The molecule has 1 aromatic rings. The number of thiazole rings is 1. The number of hydrogen-bond donors (Lipinski definition) is 1. The van der Waals surface area contributed by atoms with Crippen molar-refractivity contribution in [2.45, 2.75) is 25.6 Å². The highest BCUT2D eigenvalue weighted by atomic mass is 35.5. The van der Waals surface area contributed by atoms with E-state index < -0.39 is 0 Å². The van der Waals surface area contributed by atoms with Crippen LogP contribution in [-0.2, 0) is 0 Å². The van der Waals surface area contributed by atoms with Crippen molar-refractivity contribution in [2.75, 3.05) is 6.54 Å². The van der Waals surface area contributed by atoms with Crippen LogP contribution < -0.4 is 5.32 Å². The van der Waals surface area contributed by atoms with Crippen molar-refractivity contribution in [3.05, 3.63) is 16.1 Å². The predicted octanol–water partition coefficient (Wildman–Crippen LogP) is 2.20. The van der Waals surface area contributed by atoms with Gasteiger partial charge in [0.25, 0.3) is 5.91 Å². The zero-order valence-corrected chi connectivity index (χ0v) is 9.78. The van der Waals surface area contributed by atoms with Crippen LogP contribution in [0.15, 0.2) is 5.51 Å². The van der Waals surface area contributed by atoms with Gasteiger partial charge in [-0.15, -0.1) is 22.9 Å². The molecule has 0 saturated heterocycles. The van der Waals surface area contributed by atoms with Crippen molar-refractivity contribution in [2.24, 2.45) is 0 Å². The number of aryl methyl sites for hydroxylation is 1. The molecule has 1 heterocycles. The molecule has 0 radical (unpaired) electrons. The molecule has 0 saturated carbocycles. The number of carbonyl (C=O) groups is 1. The van der Waals surface area contributed by atoms with Gasteiger partial charge in [0.05, 0.1) is 16.6 Å².